The normalized spacial score (nSPS) is 12.8. The van der Waals surface area contributed by atoms with Crippen LogP contribution in [0.5, 0.6) is 23.0 Å². The van der Waals surface area contributed by atoms with E-state index < -0.39 is 57.8 Å². The summed E-state index contributed by atoms with van der Waals surface area (Å²) in [4.78, 5) is 0. The highest BCUT2D eigenvalue weighted by Crippen LogP contribution is 2.57. The second-order valence-corrected chi connectivity index (χ2v) is 10.4. The number of benzene rings is 4. The van der Waals surface area contributed by atoms with E-state index in [0.29, 0.717) is 0 Å². The molecular formula is C34H28F12O4. The predicted molar refractivity (Wildman–Crippen MR) is 158 cm³/mol. The fourth-order valence-electron chi connectivity index (χ4n) is 5.33. The first kappa shape index (κ1) is 39.7. The van der Waals surface area contributed by atoms with Crippen molar-refractivity contribution in [3.05, 3.63) is 119 Å². The molecule has 0 aromatic heterocycles. The Bertz CT molecular complexity index is 1400. The van der Waals surface area contributed by atoms with Gasteiger partial charge in [0.05, 0.1) is 28.4 Å². The van der Waals surface area contributed by atoms with E-state index in [9.17, 15) is 52.7 Å². The Morgan fingerprint density at radius 2 is 0.420 bits per heavy atom. The number of rotatable bonds is 8. The van der Waals surface area contributed by atoms with Crippen molar-refractivity contribution >= 4 is 0 Å². The van der Waals surface area contributed by atoms with Crippen molar-refractivity contribution in [1.82, 2.24) is 0 Å². The van der Waals surface area contributed by atoms with Crippen LogP contribution in [0.1, 0.15) is 22.3 Å². The summed E-state index contributed by atoms with van der Waals surface area (Å²) >= 11 is 0. The number of alkyl halides is 12. The average molecular weight is 729 g/mol. The van der Waals surface area contributed by atoms with Crippen molar-refractivity contribution < 1.29 is 71.6 Å². The second kappa shape index (κ2) is 14.6. The smallest absolute Gasteiger partial charge is 0.411 e. The third-order valence-electron chi connectivity index (χ3n) is 7.79. The first-order valence-corrected chi connectivity index (χ1v) is 14.0. The topological polar surface area (TPSA) is 36.9 Å². The fourth-order valence-corrected chi connectivity index (χ4v) is 5.33. The largest absolute Gasteiger partial charge is 0.497 e. The second-order valence-electron chi connectivity index (χ2n) is 10.4. The lowest BCUT2D eigenvalue weighted by Gasteiger charge is -2.38. The minimum Gasteiger partial charge on any atom is -0.497 e. The van der Waals surface area contributed by atoms with Crippen LogP contribution < -0.4 is 18.9 Å². The van der Waals surface area contributed by atoms with Crippen molar-refractivity contribution in [2.24, 2.45) is 0 Å². The molecule has 0 saturated heterocycles. The number of hydrogen-bond acceptors (Lipinski definition) is 4. The summed E-state index contributed by atoms with van der Waals surface area (Å²) in [7, 11) is 5.05. The van der Waals surface area contributed by atoms with Crippen LogP contribution in [0.2, 0.25) is 0 Å². The van der Waals surface area contributed by atoms with Crippen LogP contribution in [0.3, 0.4) is 0 Å². The van der Waals surface area contributed by atoms with Gasteiger partial charge in [0, 0.05) is 0 Å². The number of hydrogen-bond donors (Lipinski definition) is 0. The standard InChI is InChI=1S/2C17H14F6O2/c2*1-24-13-7-3-11(4-8-13)15(16(18,19)20,17(21,22)23)12-5-9-14(25-2)10-6-12/h2*3-10H,1-2H3. The van der Waals surface area contributed by atoms with E-state index in [1.165, 1.54) is 28.4 Å². The van der Waals surface area contributed by atoms with Gasteiger partial charge in [0.2, 0.25) is 10.8 Å². The summed E-state index contributed by atoms with van der Waals surface area (Å²) in [6.07, 6.45) is -22.5. The van der Waals surface area contributed by atoms with Gasteiger partial charge >= 0.3 is 24.7 Å². The first-order valence-electron chi connectivity index (χ1n) is 14.0. The van der Waals surface area contributed by atoms with E-state index in [2.05, 4.69) is 0 Å². The molecule has 0 aliphatic carbocycles. The van der Waals surface area contributed by atoms with Crippen LogP contribution in [-0.4, -0.2) is 53.1 Å². The van der Waals surface area contributed by atoms with Crippen molar-refractivity contribution in [2.75, 3.05) is 28.4 Å². The summed E-state index contributed by atoms with van der Waals surface area (Å²) < 4.78 is 185. The van der Waals surface area contributed by atoms with Gasteiger partial charge in [0.15, 0.2) is 0 Å². The third-order valence-corrected chi connectivity index (χ3v) is 7.79. The molecule has 4 nitrogen and oxygen atoms in total. The zero-order valence-corrected chi connectivity index (χ0v) is 26.4. The molecular weight excluding hydrogens is 700 g/mol. The molecule has 0 bridgehead atoms. The lowest BCUT2D eigenvalue weighted by molar-refractivity contribution is -0.290. The SMILES string of the molecule is COc1ccc(C(c2ccc(OC)cc2)(C(F)(F)F)C(F)(F)F)cc1.COc1ccc(C(c2ccc(OC)cc2)(C(F)(F)F)C(F)(F)F)cc1. The minimum absolute atomic E-state index is 0.150. The molecule has 0 aliphatic heterocycles. The van der Waals surface area contributed by atoms with Gasteiger partial charge in [-0.2, -0.15) is 52.7 Å². The van der Waals surface area contributed by atoms with Gasteiger partial charge < -0.3 is 18.9 Å². The van der Waals surface area contributed by atoms with Gasteiger partial charge in [-0.05, 0) is 70.8 Å². The molecule has 0 amide bonds. The molecule has 0 radical (unpaired) electrons. The van der Waals surface area contributed by atoms with E-state index in [4.69, 9.17) is 18.9 Å². The van der Waals surface area contributed by atoms with Crippen LogP contribution in [0.15, 0.2) is 97.1 Å². The van der Waals surface area contributed by atoms with Crippen molar-refractivity contribution in [3.63, 3.8) is 0 Å². The molecule has 0 spiro atoms. The van der Waals surface area contributed by atoms with Crippen molar-refractivity contribution in [2.45, 2.75) is 35.5 Å². The lowest BCUT2D eigenvalue weighted by Crippen LogP contribution is -2.54. The van der Waals surface area contributed by atoms with Crippen LogP contribution in [0.25, 0.3) is 0 Å². The molecule has 0 unspecified atom stereocenters. The van der Waals surface area contributed by atoms with Gasteiger partial charge in [0.1, 0.15) is 23.0 Å². The maximum absolute atomic E-state index is 13.8. The molecule has 50 heavy (non-hydrogen) atoms. The zero-order valence-electron chi connectivity index (χ0n) is 26.4. The highest BCUT2D eigenvalue weighted by molar-refractivity contribution is 5.48. The monoisotopic (exact) mass is 728 g/mol. The number of halogens is 12. The molecule has 0 aliphatic rings. The van der Waals surface area contributed by atoms with E-state index in [-0.39, 0.29) is 23.0 Å². The molecule has 0 atom stereocenters. The molecule has 0 heterocycles. The van der Waals surface area contributed by atoms with E-state index in [1.54, 1.807) is 0 Å². The van der Waals surface area contributed by atoms with Gasteiger partial charge in [0.25, 0.3) is 0 Å². The van der Waals surface area contributed by atoms with Crippen LogP contribution in [0.4, 0.5) is 52.7 Å². The summed E-state index contributed by atoms with van der Waals surface area (Å²) in [5.74, 6) is 0.599. The van der Waals surface area contributed by atoms with E-state index in [0.717, 1.165) is 97.1 Å². The van der Waals surface area contributed by atoms with Crippen LogP contribution >= 0.6 is 0 Å². The highest BCUT2D eigenvalue weighted by atomic mass is 19.4. The van der Waals surface area contributed by atoms with Crippen LogP contribution in [0, 0.1) is 0 Å². The molecule has 16 heteroatoms. The summed E-state index contributed by atoms with van der Waals surface area (Å²) in [6.45, 7) is 0. The average Bonchev–Trinajstić information content (AvgIpc) is 3.04. The summed E-state index contributed by atoms with van der Waals surface area (Å²) in [6, 6.07) is 14.6. The van der Waals surface area contributed by atoms with E-state index >= 15 is 0 Å². The molecule has 4 aromatic carbocycles. The van der Waals surface area contributed by atoms with E-state index in [1.807, 2.05) is 0 Å². The van der Waals surface area contributed by atoms with Gasteiger partial charge in [-0.3, -0.25) is 0 Å². The van der Waals surface area contributed by atoms with Gasteiger partial charge in [-0.1, -0.05) is 48.5 Å². The minimum atomic E-state index is -5.62. The number of ether oxygens (including phenoxy) is 4. The maximum atomic E-state index is 13.8. The quantitative estimate of drug-likeness (QED) is 0.169. The van der Waals surface area contributed by atoms with Gasteiger partial charge in [-0.15, -0.1) is 0 Å². The van der Waals surface area contributed by atoms with Gasteiger partial charge in [-0.25, -0.2) is 0 Å². The fraction of sp³-hybridized carbons (Fsp3) is 0.294. The molecule has 0 N–H and O–H groups in total. The predicted octanol–water partition coefficient (Wildman–Crippen LogP) is 10.2. The van der Waals surface area contributed by atoms with Crippen LogP contribution in [-0.2, 0) is 10.8 Å². The highest BCUT2D eigenvalue weighted by Gasteiger charge is 2.73. The Morgan fingerprint density at radius 1 is 0.280 bits per heavy atom. The Morgan fingerprint density at radius 3 is 0.520 bits per heavy atom. The van der Waals surface area contributed by atoms with Crippen molar-refractivity contribution in [3.8, 4) is 23.0 Å². The Hall–Kier alpha value is -4.76. The molecule has 4 aromatic rings. The zero-order chi connectivity index (χ0) is 37.8. The molecule has 0 saturated carbocycles. The first-order chi connectivity index (χ1) is 23.1. The molecule has 0 fully saturated rings. The maximum Gasteiger partial charge on any atom is 0.411 e. The Balaban J connectivity index is 0.000000270. The summed E-state index contributed by atoms with van der Waals surface area (Å²) in [5.41, 5.74) is -12.1. The molecule has 272 valence electrons. The lowest BCUT2D eigenvalue weighted by atomic mass is 9.73. The summed E-state index contributed by atoms with van der Waals surface area (Å²) in [5, 5.41) is 0. The Labute approximate surface area is 278 Å². The van der Waals surface area contributed by atoms with Crippen molar-refractivity contribution in [1.29, 1.82) is 0 Å². The number of methoxy groups -OCH3 is 4. The Kier molecular flexibility index (Phi) is 11.6. The third kappa shape index (κ3) is 7.24. The molecule has 4 rings (SSSR count).